The number of nitrogens with zero attached hydrogens (tertiary/aromatic N) is 2. The molecule has 10 heteroatoms. The minimum atomic E-state index is -1.02. The Bertz CT molecular complexity index is 991. The lowest BCUT2D eigenvalue weighted by Crippen LogP contribution is -2.27. The van der Waals surface area contributed by atoms with Crippen molar-refractivity contribution in [1.82, 2.24) is 0 Å². The van der Waals surface area contributed by atoms with Gasteiger partial charge >= 0.3 is 17.6 Å². The van der Waals surface area contributed by atoms with E-state index in [0.29, 0.717) is 0 Å². The van der Waals surface area contributed by atoms with Crippen molar-refractivity contribution < 1.29 is 33.2 Å². The summed E-state index contributed by atoms with van der Waals surface area (Å²) in [4.78, 5) is 47.2. The van der Waals surface area contributed by atoms with E-state index in [1.165, 1.54) is 42.3 Å². The van der Waals surface area contributed by atoms with Gasteiger partial charge in [-0.3, -0.25) is 19.7 Å². The third-order valence-corrected chi connectivity index (χ3v) is 4.39. The molecule has 9 nitrogen and oxygen atoms in total. The predicted octanol–water partition coefficient (Wildman–Crippen LogP) is 2.48. The number of benzene rings is 2. The van der Waals surface area contributed by atoms with Crippen molar-refractivity contribution in [2.75, 3.05) is 18.6 Å². The van der Waals surface area contributed by atoms with Crippen LogP contribution in [0.1, 0.15) is 16.8 Å². The second kappa shape index (κ2) is 8.05. The summed E-state index contributed by atoms with van der Waals surface area (Å²) in [5.41, 5.74) is -0.347. The van der Waals surface area contributed by atoms with E-state index in [2.05, 4.69) is 4.74 Å². The summed E-state index contributed by atoms with van der Waals surface area (Å²) in [6.07, 6.45) is -0.149. The van der Waals surface area contributed by atoms with E-state index in [4.69, 9.17) is 4.74 Å². The lowest BCUT2D eigenvalue weighted by atomic mass is 10.1. The number of anilines is 1. The van der Waals surface area contributed by atoms with Gasteiger partial charge in [-0.1, -0.05) is 0 Å². The molecule has 150 valence electrons. The fourth-order valence-electron chi connectivity index (χ4n) is 2.90. The molecule has 0 spiro atoms. The van der Waals surface area contributed by atoms with Gasteiger partial charge in [-0.25, -0.2) is 4.79 Å². The summed E-state index contributed by atoms with van der Waals surface area (Å²) in [6.45, 7) is -0.0549. The molecule has 0 radical (unpaired) electrons. The Morgan fingerprint density at radius 2 is 1.90 bits per heavy atom. The highest BCUT2D eigenvalue weighted by atomic mass is 19.1. The Kier molecular flexibility index (Phi) is 5.53. The molecule has 0 aliphatic carbocycles. The molecular weight excluding hydrogens is 387 g/mol. The number of carbonyl (C=O) groups is 3. The van der Waals surface area contributed by atoms with Gasteiger partial charge in [0.25, 0.3) is 0 Å². The molecule has 1 saturated heterocycles. The third-order valence-electron chi connectivity index (χ3n) is 4.39. The van der Waals surface area contributed by atoms with Crippen LogP contribution >= 0.6 is 0 Å². The number of hydrogen-bond donors (Lipinski definition) is 0. The highest BCUT2D eigenvalue weighted by Gasteiger charge is 2.37. The molecule has 1 amide bonds. The van der Waals surface area contributed by atoms with Gasteiger partial charge in [0.15, 0.2) is 0 Å². The number of nitro benzene ring substituents is 1. The summed E-state index contributed by atoms with van der Waals surface area (Å²) >= 11 is 0. The van der Waals surface area contributed by atoms with E-state index in [9.17, 15) is 28.9 Å². The van der Waals surface area contributed by atoms with Crippen LogP contribution in [0, 0.1) is 21.8 Å². The Labute approximate surface area is 163 Å². The van der Waals surface area contributed by atoms with Crippen LogP contribution in [0.15, 0.2) is 42.5 Å². The van der Waals surface area contributed by atoms with Crippen molar-refractivity contribution in [1.29, 1.82) is 0 Å². The molecule has 29 heavy (non-hydrogen) atoms. The molecule has 1 atom stereocenters. The second-order valence-electron chi connectivity index (χ2n) is 6.24. The molecule has 2 aromatic carbocycles. The first-order valence-electron chi connectivity index (χ1n) is 8.44. The Hall–Kier alpha value is -3.82. The van der Waals surface area contributed by atoms with E-state index < -0.39 is 40.2 Å². The van der Waals surface area contributed by atoms with Crippen molar-refractivity contribution in [3.8, 4) is 5.75 Å². The molecule has 0 aromatic heterocycles. The summed E-state index contributed by atoms with van der Waals surface area (Å²) < 4.78 is 23.3. The Balaban J connectivity index is 1.70. The van der Waals surface area contributed by atoms with Gasteiger partial charge in [0.05, 0.1) is 29.2 Å². The van der Waals surface area contributed by atoms with Crippen LogP contribution in [0.5, 0.6) is 5.75 Å². The molecule has 3 rings (SSSR count). The first-order valence-corrected chi connectivity index (χ1v) is 8.44. The van der Waals surface area contributed by atoms with E-state index >= 15 is 0 Å². The number of carbonyl (C=O) groups excluding carboxylic acids is 3. The average molecular weight is 402 g/mol. The fourth-order valence-corrected chi connectivity index (χ4v) is 2.90. The maximum absolute atomic E-state index is 13.5. The molecule has 2 aromatic rings. The molecule has 1 heterocycles. The predicted molar refractivity (Wildman–Crippen MR) is 96.9 cm³/mol. The molecule has 1 unspecified atom stereocenters. The van der Waals surface area contributed by atoms with Crippen LogP contribution in [0.25, 0.3) is 0 Å². The third kappa shape index (κ3) is 4.21. The first-order chi connectivity index (χ1) is 13.8. The molecule has 1 fully saturated rings. The highest BCUT2D eigenvalue weighted by Crippen LogP contribution is 2.30. The summed E-state index contributed by atoms with van der Waals surface area (Å²) in [7, 11) is 1.24. The van der Waals surface area contributed by atoms with Crippen molar-refractivity contribution in [2.24, 2.45) is 5.92 Å². The molecule has 0 N–H and O–H groups in total. The van der Waals surface area contributed by atoms with Gasteiger partial charge in [0.1, 0.15) is 5.75 Å². The summed E-state index contributed by atoms with van der Waals surface area (Å²) in [5, 5.41) is 10.9. The van der Waals surface area contributed by atoms with Gasteiger partial charge in [-0.05, 0) is 36.4 Å². The van der Waals surface area contributed by atoms with Gasteiger partial charge in [0.2, 0.25) is 11.7 Å². The number of rotatable bonds is 5. The van der Waals surface area contributed by atoms with E-state index in [-0.39, 0.29) is 30.0 Å². The average Bonchev–Trinajstić information content (AvgIpc) is 3.10. The van der Waals surface area contributed by atoms with Gasteiger partial charge in [-0.15, -0.1) is 0 Å². The smallest absolute Gasteiger partial charge is 0.337 e. The topological polar surface area (TPSA) is 116 Å². The van der Waals surface area contributed by atoms with Crippen LogP contribution in [-0.2, 0) is 14.3 Å². The largest absolute Gasteiger partial charge is 0.465 e. The minimum absolute atomic E-state index is 0.0549. The maximum atomic E-state index is 13.5. The maximum Gasteiger partial charge on any atom is 0.337 e. The van der Waals surface area contributed by atoms with Gasteiger partial charge in [0, 0.05) is 19.0 Å². The Morgan fingerprint density at radius 1 is 1.21 bits per heavy atom. The monoisotopic (exact) mass is 402 g/mol. The normalized spacial score (nSPS) is 15.9. The van der Waals surface area contributed by atoms with Crippen LogP contribution in [0.3, 0.4) is 0 Å². The molecular formula is C19H15FN2O7. The van der Waals surface area contributed by atoms with Crippen LogP contribution in [-0.4, -0.2) is 36.4 Å². The highest BCUT2D eigenvalue weighted by molar-refractivity contribution is 6.00. The van der Waals surface area contributed by atoms with Crippen LogP contribution < -0.4 is 9.64 Å². The zero-order valence-corrected chi connectivity index (χ0v) is 15.2. The molecule has 1 aliphatic heterocycles. The number of amides is 1. The van der Waals surface area contributed by atoms with E-state index in [0.717, 1.165) is 12.1 Å². The SMILES string of the molecule is COC(=O)c1ccc(OC(=O)C2CC(=O)N(c3ccc(F)c([N+](=O)[O-])c3)C2)cc1. The van der Waals surface area contributed by atoms with Crippen LogP contribution in [0.2, 0.25) is 0 Å². The number of halogens is 1. The number of hydrogen-bond acceptors (Lipinski definition) is 7. The number of methoxy groups -OCH3 is 1. The molecule has 0 saturated carbocycles. The van der Waals surface area contributed by atoms with Crippen molar-refractivity contribution in [3.05, 3.63) is 64.0 Å². The lowest BCUT2D eigenvalue weighted by Gasteiger charge is -2.16. The van der Waals surface area contributed by atoms with Gasteiger partial charge < -0.3 is 14.4 Å². The molecule has 0 bridgehead atoms. The van der Waals surface area contributed by atoms with E-state index in [1.807, 2.05) is 0 Å². The number of ether oxygens (including phenoxy) is 2. The summed E-state index contributed by atoms with van der Waals surface area (Å²) in [6, 6.07) is 8.78. The zero-order chi connectivity index (χ0) is 21.1. The standard InChI is InChI=1S/C19H15FN2O7/c1-28-18(24)11-2-5-14(6-3-11)29-19(25)12-8-17(23)21(10-12)13-4-7-15(20)16(9-13)22(26)27/h2-7,9,12H,8,10H2,1H3. The minimum Gasteiger partial charge on any atom is -0.465 e. The molecule has 1 aliphatic rings. The van der Waals surface area contributed by atoms with Crippen molar-refractivity contribution in [2.45, 2.75) is 6.42 Å². The number of esters is 2. The van der Waals surface area contributed by atoms with Crippen molar-refractivity contribution >= 4 is 29.2 Å². The quantitative estimate of drug-likeness (QED) is 0.326. The first kappa shape index (κ1) is 19.9. The number of nitro groups is 1. The Morgan fingerprint density at radius 3 is 2.52 bits per heavy atom. The summed E-state index contributed by atoms with van der Waals surface area (Å²) in [5.74, 6) is -3.26. The lowest BCUT2D eigenvalue weighted by molar-refractivity contribution is -0.387. The van der Waals surface area contributed by atoms with Crippen molar-refractivity contribution in [3.63, 3.8) is 0 Å². The van der Waals surface area contributed by atoms with Crippen LogP contribution in [0.4, 0.5) is 15.8 Å². The zero-order valence-electron chi connectivity index (χ0n) is 15.2. The van der Waals surface area contributed by atoms with Gasteiger partial charge in [-0.2, -0.15) is 4.39 Å². The fraction of sp³-hybridized carbons (Fsp3) is 0.211. The van der Waals surface area contributed by atoms with E-state index in [1.54, 1.807) is 0 Å². The second-order valence-corrected chi connectivity index (χ2v) is 6.24.